The molecule has 0 saturated carbocycles. The first-order chi connectivity index (χ1) is 14.6. The Morgan fingerprint density at radius 2 is 2.17 bits per heavy atom. The Bertz CT molecular complexity index is 948. The third-order valence-corrected chi connectivity index (χ3v) is 5.26. The van der Waals surface area contributed by atoms with Crippen LogP contribution in [0.15, 0.2) is 52.5 Å². The van der Waals surface area contributed by atoms with Gasteiger partial charge in [-0.1, -0.05) is 30.3 Å². The second kappa shape index (κ2) is 10.8. The summed E-state index contributed by atoms with van der Waals surface area (Å²) in [6.45, 7) is 1.51. The lowest BCUT2D eigenvalue weighted by atomic mass is 10.1. The number of carbonyl (C=O) groups is 1. The lowest BCUT2D eigenvalue weighted by molar-refractivity contribution is -0.117. The smallest absolute Gasteiger partial charge is 0.262 e. The molecule has 1 atom stereocenters. The summed E-state index contributed by atoms with van der Waals surface area (Å²) in [5.74, 6) is 0.635. The number of methoxy groups -OCH3 is 1. The van der Waals surface area contributed by atoms with Crippen molar-refractivity contribution < 1.29 is 19.0 Å². The molecule has 2 aromatic rings. The van der Waals surface area contributed by atoms with Crippen molar-refractivity contribution in [3.63, 3.8) is 0 Å². The quantitative estimate of drug-likeness (QED) is 0.460. The summed E-state index contributed by atoms with van der Waals surface area (Å²) in [7, 11) is 1.55. The number of hydrogen-bond donors (Lipinski definition) is 1. The van der Waals surface area contributed by atoms with E-state index < -0.39 is 5.91 Å². The molecule has 1 heterocycles. The van der Waals surface area contributed by atoms with Gasteiger partial charge in [0.15, 0.2) is 11.5 Å². The molecule has 1 N–H and O–H groups in total. The maximum atomic E-state index is 12.4. The number of halogens is 1. The highest BCUT2D eigenvalue weighted by atomic mass is 79.9. The van der Waals surface area contributed by atoms with Gasteiger partial charge in [-0.05, 0) is 58.1 Å². The number of ether oxygens (including phenoxy) is 3. The maximum Gasteiger partial charge on any atom is 0.262 e. The van der Waals surface area contributed by atoms with Crippen molar-refractivity contribution in [2.75, 3.05) is 20.3 Å². The van der Waals surface area contributed by atoms with Crippen LogP contribution in [-0.2, 0) is 16.1 Å². The van der Waals surface area contributed by atoms with E-state index in [2.05, 4.69) is 21.2 Å². The van der Waals surface area contributed by atoms with Gasteiger partial charge in [0.1, 0.15) is 18.2 Å². The summed E-state index contributed by atoms with van der Waals surface area (Å²) in [5.41, 5.74) is 1.69. The average molecular weight is 471 g/mol. The van der Waals surface area contributed by atoms with Crippen LogP contribution in [0.1, 0.15) is 24.0 Å². The van der Waals surface area contributed by atoms with E-state index in [4.69, 9.17) is 14.2 Å². The largest absolute Gasteiger partial charge is 0.493 e. The first-order valence-corrected chi connectivity index (χ1v) is 10.5. The molecule has 30 heavy (non-hydrogen) atoms. The highest BCUT2D eigenvalue weighted by Crippen LogP contribution is 2.37. The fourth-order valence-electron chi connectivity index (χ4n) is 3.12. The van der Waals surface area contributed by atoms with Gasteiger partial charge in [0.25, 0.3) is 5.91 Å². The molecule has 0 bridgehead atoms. The van der Waals surface area contributed by atoms with Crippen LogP contribution >= 0.6 is 15.9 Å². The summed E-state index contributed by atoms with van der Waals surface area (Å²) in [4.78, 5) is 12.4. The SMILES string of the molecule is COc1cc(/C=C(/C#N)C(=O)NC[C@H]2CCCO2)cc(Br)c1OCc1ccccc1. The fourth-order valence-corrected chi connectivity index (χ4v) is 3.69. The van der Waals surface area contributed by atoms with Crippen molar-refractivity contribution in [2.24, 2.45) is 0 Å². The minimum absolute atomic E-state index is 0.0138. The lowest BCUT2D eigenvalue weighted by Crippen LogP contribution is -2.32. The van der Waals surface area contributed by atoms with Gasteiger partial charge >= 0.3 is 0 Å². The van der Waals surface area contributed by atoms with E-state index in [9.17, 15) is 10.1 Å². The first-order valence-electron chi connectivity index (χ1n) is 9.66. The van der Waals surface area contributed by atoms with Gasteiger partial charge in [-0.3, -0.25) is 4.79 Å². The van der Waals surface area contributed by atoms with Crippen molar-refractivity contribution in [3.8, 4) is 17.6 Å². The fraction of sp³-hybridized carbons (Fsp3) is 0.304. The molecule has 0 aliphatic carbocycles. The van der Waals surface area contributed by atoms with E-state index in [0.29, 0.717) is 41.3 Å². The third-order valence-electron chi connectivity index (χ3n) is 4.67. The van der Waals surface area contributed by atoms with Gasteiger partial charge in [-0.2, -0.15) is 5.26 Å². The number of benzene rings is 2. The zero-order valence-electron chi connectivity index (χ0n) is 16.7. The molecule has 0 radical (unpaired) electrons. The zero-order valence-corrected chi connectivity index (χ0v) is 18.3. The molecular weight excluding hydrogens is 448 g/mol. The van der Waals surface area contributed by atoms with Crippen molar-refractivity contribution in [2.45, 2.75) is 25.6 Å². The van der Waals surface area contributed by atoms with E-state index in [0.717, 1.165) is 18.4 Å². The molecule has 156 valence electrons. The van der Waals surface area contributed by atoms with Crippen LogP contribution in [0.3, 0.4) is 0 Å². The Kier molecular flexibility index (Phi) is 7.89. The van der Waals surface area contributed by atoms with Gasteiger partial charge < -0.3 is 19.5 Å². The Morgan fingerprint density at radius 3 is 2.83 bits per heavy atom. The molecule has 0 unspecified atom stereocenters. The molecule has 2 aromatic carbocycles. The van der Waals surface area contributed by atoms with E-state index >= 15 is 0 Å². The van der Waals surface area contributed by atoms with E-state index in [-0.39, 0.29) is 11.7 Å². The van der Waals surface area contributed by atoms with E-state index in [1.807, 2.05) is 36.4 Å². The Balaban J connectivity index is 1.73. The summed E-state index contributed by atoms with van der Waals surface area (Å²) in [6.07, 6.45) is 3.46. The van der Waals surface area contributed by atoms with Crippen LogP contribution < -0.4 is 14.8 Å². The highest BCUT2D eigenvalue weighted by molar-refractivity contribution is 9.10. The Morgan fingerprint density at radius 1 is 1.37 bits per heavy atom. The monoisotopic (exact) mass is 470 g/mol. The van der Waals surface area contributed by atoms with Crippen LogP contribution in [0.2, 0.25) is 0 Å². The van der Waals surface area contributed by atoms with E-state index in [1.165, 1.54) is 6.08 Å². The second-order valence-corrected chi connectivity index (χ2v) is 7.68. The lowest BCUT2D eigenvalue weighted by Gasteiger charge is -2.14. The topological polar surface area (TPSA) is 80.6 Å². The molecule has 1 aliphatic rings. The highest BCUT2D eigenvalue weighted by Gasteiger charge is 2.18. The standard InChI is InChI=1S/C23H23BrN2O4/c1-28-21-12-17(10-18(13-25)23(27)26-14-19-8-5-9-29-19)11-20(24)22(21)30-15-16-6-3-2-4-7-16/h2-4,6-7,10-12,19H,5,8-9,14-15H2,1H3,(H,26,27)/b18-10-/t19-/m1/s1. The molecule has 1 fully saturated rings. The first kappa shape index (κ1) is 21.9. The maximum absolute atomic E-state index is 12.4. The van der Waals surface area contributed by atoms with Crippen LogP contribution in [0.4, 0.5) is 0 Å². The number of hydrogen-bond acceptors (Lipinski definition) is 5. The number of nitrogens with one attached hydrogen (secondary N) is 1. The second-order valence-electron chi connectivity index (χ2n) is 6.82. The predicted octanol–water partition coefficient (Wildman–Crippen LogP) is 4.24. The average Bonchev–Trinajstić information content (AvgIpc) is 3.29. The molecule has 1 amide bonds. The van der Waals surface area contributed by atoms with Crippen molar-refractivity contribution >= 4 is 27.9 Å². The Hall–Kier alpha value is -2.82. The predicted molar refractivity (Wildman–Crippen MR) is 117 cm³/mol. The van der Waals surface area contributed by atoms with Crippen LogP contribution in [0.5, 0.6) is 11.5 Å². The molecule has 1 saturated heterocycles. The van der Waals surface area contributed by atoms with E-state index in [1.54, 1.807) is 19.2 Å². The van der Waals surface area contributed by atoms with Gasteiger partial charge in [0, 0.05) is 13.2 Å². The summed E-state index contributed by atoms with van der Waals surface area (Å²) < 4.78 is 17.5. The van der Waals surface area contributed by atoms with Gasteiger partial charge in [-0.15, -0.1) is 0 Å². The normalized spacial score (nSPS) is 16.0. The Labute approximate surface area is 184 Å². The number of nitriles is 1. The molecule has 0 aromatic heterocycles. The molecular formula is C23H23BrN2O4. The summed E-state index contributed by atoms with van der Waals surface area (Å²) >= 11 is 3.50. The van der Waals surface area contributed by atoms with Gasteiger partial charge in [0.2, 0.25) is 0 Å². The molecule has 7 heteroatoms. The molecule has 0 spiro atoms. The minimum atomic E-state index is -0.424. The zero-order chi connectivity index (χ0) is 21.3. The van der Waals surface area contributed by atoms with Gasteiger partial charge in [0.05, 0.1) is 17.7 Å². The molecule has 3 rings (SSSR count). The van der Waals surface area contributed by atoms with Crippen molar-refractivity contribution in [3.05, 3.63) is 63.6 Å². The van der Waals surface area contributed by atoms with Crippen molar-refractivity contribution in [1.29, 1.82) is 5.26 Å². The van der Waals surface area contributed by atoms with Gasteiger partial charge in [-0.25, -0.2) is 0 Å². The number of carbonyl (C=O) groups excluding carboxylic acids is 1. The van der Waals surface area contributed by atoms with Crippen LogP contribution in [-0.4, -0.2) is 32.3 Å². The number of amides is 1. The summed E-state index contributed by atoms with van der Waals surface area (Å²) in [5, 5.41) is 12.2. The third kappa shape index (κ3) is 5.85. The molecule has 6 nitrogen and oxygen atoms in total. The minimum Gasteiger partial charge on any atom is -0.493 e. The number of nitrogens with zero attached hydrogens (tertiary/aromatic N) is 1. The number of rotatable bonds is 8. The molecule has 1 aliphatic heterocycles. The van der Waals surface area contributed by atoms with Crippen molar-refractivity contribution in [1.82, 2.24) is 5.32 Å². The summed E-state index contributed by atoms with van der Waals surface area (Å²) in [6, 6.07) is 15.3. The van der Waals surface area contributed by atoms with Crippen LogP contribution in [0.25, 0.3) is 6.08 Å². The van der Waals surface area contributed by atoms with Crippen LogP contribution in [0, 0.1) is 11.3 Å².